The summed E-state index contributed by atoms with van der Waals surface area (Å²) in [5, 5.41) is 2.13. The van der Waals surface area contributed by atoms with E-state index in [2.05, 4.69) is 10.3 Å². The van der Waals surface area contributed by atoms with Crippen LogP contribution in [0.5, 0.6) is 0 Å². The minimum Gasteiger partial charge on any atom is -0.367 e. The third kappa shape index (κ3) is 2.68. The summed E-state index contributed by atoms with van der Waals surface area (Å²) in [6.45, 7) is 0.228. The number of aromatic nitrogens is 1. The number of aromatic amines is 1. The third-order valence-electron chi connectivity index (χ3n) is 2.37. The van der Waals surface area contributed by atoms with Crippen LogP contribution in [0, 0.1) is 11.6 Å². The summed E-state index contributed by atoms with van der Waals surface area (Å²) in [5.41, 5.74) is 0.464. The van der Waals surface area contributed by atoms with Crippen LogP contribution in [0.3, 0.4) is 0 Å². The molecule has 0 atom stereocenters. The van der Waals surface area contributed by atoms with Crippen molar-refractivity contribution in [2.45, 2.75) is 6.54 Å². The summed E-state index contributed by atoms with van der Waals surface area (Å²) in [4.78, 5) is 14.5. The van der Waals surface area contributed by atoms with Gasteiger partial charge in [0, 0.05) is 18.9 Å². The van der Waals surface area contributed by atoms with Crippen molar-refractivity contribution in [2.24, 2.45) is 0 Å². The number of carbonyl (C=O) groups excluding carboxylic acids is 1. The summed E-state index contributed by atoms with van der Waals surface area (Å²) in [6.07, 6.45) is 3.39. The standard InChI is InChI=1S/C12H9ClF2N2O/c13-9-4-10(14)8(3-11(9)15)12(18)17-6-7-1-2-16-5-7/h1-5,16H,6H2,(H,17,18). The molecule has 2 rings (SSSR count). The molecule has 1 heterocycles. The van der Waals surface area contributed by atoms with Gasteiger partial charge in [0.25, 0.3) is 5.91 Å². The summed E-state index contributed by atoms with van der Waals surface area (Å²) in [5.74, 6) is -2.37. The zero-order valence-electron chi connectivity index (χ0n) is 9.14. The van der Waals surface area contributed by atoms with Crippen molar-refractivity contribution >= 4 is 17.5 Å². The number of hydrogen-bond donors (Lipinski definition) is 2. The van der Waals surface area contributed by atoms with Crippen molar-refractivity contribution in [3.8, 4) is 0 Å². The van der Waals surface area contributed by atoms with Crippen molar-refractivity contribution in [1.82, 2.24) is 10.3 Å². The van der Waals surface area contributed by atoms with Crippen LogP contribution in [0.15, 0.2) is 30.6 Å². The van der Waals surface area contributed by atoms with Crippen LogP contribution in [0.25, 0.3) is 0 Å². The average molecular weight is 271 g/mol. The smallest absolute Gasteiger partial charge is 0.254 e. The van der Waals surface area contributed by atoms with Gasteiger partial charge in [-0.05, 0) is 23.8 Å². The molecule has 0 saturated carbocycles. The Morgan fingerprint density at radius 2 is 2.11 bits per heavy atom. The molecule has 0 fully saturated rings. The fraction of sp³-hybridized carbons (Fsp3) is 0.0833. The molecule has 0 unspecified atom stereocenters. The Labute approximate surface area is 107 Å². The number of halogens is 3. The zero-order valence-corrected chi connectivity index (χ0v) is 9.89. The lowest BCUT2D eigenvalue weighted by molar-refractivity contribution is 0.0946. The summed E-state index contributed by atoms with van der Waals surface area (Å²) < 4.78 is 26.6. The molecule has 0 aliphatic heterocycles. The topological polar surface area (TPSA) is 44.9 Å². The second-order valence-corrected chi connectivity index (χ2v) is 4.06. The quantitative estimate of drug-likeness (QED) is 0.828. The van der Waals surface area contributed by atoms with Gasteiger partial charge < -0.3 is 10.3 Å². The van der Waals surface area contributed by atoms with Crippen molar-refractivity contribution < 1.29 is 13.6 Å². The van der Waals surface area contributed by atoms with E-state index < -0.39 is 17.5 Å². The highest BCUT2D eigenvalue weighted by Crippen LogP contribution is 2.19. The molecule has 0 radical (unpaired) electrons. The largest absolute Gasteiger partial charge is 0.367 e. The predicted molar refractivity (Wildman–Crippen MR) is 63.3 cm³/mol. The van der Waals surface area contributed by atoms with Crippen LogP contribution in [0.1, 0.15) is 15.9 Å². The number of rotatable bonds is 3. The number of carbonyl (C=O) groups is 1. The van der Waals surface area contributed by atoms with E-state index in [1.54, 1.807) is 18.5 Å². The molecule has 0 bridgehead atoms. The monoisotopic (exact) mass is 270 g/mol. The predicted octanol–water partition coefficient (Wildman–Crippen LogP) is 2.88. The van der Waals surface area contributed by atoms with Gasteiger partial charge in [-0.15, -0.1) is 0 Å². The molecule has 2 N–H and O–H groups in total. The van der Waals surface area contributed by atoms with Crippen LogP contribution in [-0.4, -0.2) is 10.9 Å². The van der Waals surface area contributed by atoms with Crippen molar-refractivity contribution in [3.05, 3.63) is 58.4 Å². The lowest BCUT2D eigenvalue weighted by Gasteiger charge is -2.06. The Morgan fingerprint density at radius 1 is 1.33 bits per heavy atom. The second kappa shape index (κ2) is 5.18. The van der Waals surface area contributed by atoms with E-state index in [9.17, 15) is 13.6 Å². The van der Waals surface area contributed by atoms with Gasteiger partial charge in [0.05, 0.1) is 10.6 Å². The summed E-state index contributed by atoms with van der Waals surface area (Å²) >= 11 is 5.40. The van der Waals surface area contributed by atoms with Crippen LogP contribution in [-0.2, 0) is 6.54 Å². The van der Waals surface area contributed by atoms with Gasteiger partial charge in [-0.3, -0.25) is 4.79 Å². The maximum absolute atomic E-state index is 13.4. The fourth-order valence-corrected chi connectivity index (χ4v) is 1.59. The minimum absolute atomic E-state index is 0.228. The number of H-pyrrole nitrogens is 1. The molecule has 0 aliphatic carbocycles. The second-order valence-electron chi connectivity index (χ2n) is 3.65. The first-order valence-corrected chi connectivity index (χ1v) is 5.50. The highest BCUT2D eigenvalue weighted by Gasteiger charge is 2.15. The van der Waals surface area contributed by atoms with Gasteiger partial charge in [-0.25, -0.2) is 8.78 Å². The van der Waals surface area contributed by atoms with Crippen molar-refractivity contribution in [3.63, 3.8) is 0 Å². The SMILES string of the molecule is O=C(NCc1cc[nH]c1)c1cc(F)c(Cl)cc1F. The Hall–Kier alpha value is -1.88. The van der Waals surface area contributed by atoms with E-state index in [-0.39, 0.29) is 17.1 Å². The Balaban J connectivity index is 2.11. The molecule has 0 spiro atoms. The molecule has 94 valence electrons. The molecular weight excluding hydrogens is 262 g/mol. The Kier molecular flexibility index (Phi) is 3.62. The van der Waals surface area contributed by atoms with Crippen LogP contribution in [0.2, 0.25) is 5.02 Å². The molecule has 0 aliphatic rings. The van der Waals surface area contributed by atoms with Gasteiger partial charge >= 0.3 is 0 Å². The molecule has 2 aromatic rings. The lowest BCUT2D eigenvalue weighted by Crippen LogP contribution is -2.23. The molecular formula is C12H9ClF2N2O. The number of hydrogen-bond acceptors (Lipinski definition) is 1. The first-order valence-electron chi connectivity index (χ1n) is 5.12. The first kappa shape index (κ1) is 12.6. The van der Waals surface area contributed by atoms with E-state index >= 15 is 0 Å². The first-order chi connectivity index (χ1) is 8.58. The van der Waals surface area contributed by atoms with Crippen molar-refractivity contribution in [2.75, 3.05) is 0 Å². The molecule has 1 amide bonds. The number of amides is 1. The Bertz CT molecular complexity index is 570. The van der Waals surface area contributed by atoms with Crippen LogP contribution < -0.4 is 5.32 Å². The highest BCUT2D eigenvalue weighted by atomic mass is 35.5. The van der Waals surface area contributed by atoms with E-state index in [0.29, 0.717) is 0 Å². The van der Waals surface area contributed by atoms with Gasteiger partial charge in [-0.2, -0.15) is 0 Å². The van der Waals surface area contributed by atoms with Gasteiger partial charge in [0.2, 0.25) is 0 Å². The normalized spacial score (nSPS) is 10.4. The maximum Gasteiger partial charge on any atom is 0.254 e. The zero-order chi connectivity index (χ0) is 13.1. The lowest BCUT2D eigenvalue weighted by atomic mass is 10.2. The number of benzene rings is 1. The van der Waals surface area contributed by atoms with Crippen LogP contribution in [0.4, 0.5) is 8.78 Å². The number of nitrogens with one attached hydrogen (secondary N) is 2. The molecule has 3 nitrogen and oxygen atoms in total. The maximum atomic E-state index is 13.4. The van der Waals surface area contributed by atoms with E-state index in [1.165, 1.54) is 0 Å². The van der Waals surface area contributed by atoms with E-state index in [4.69, 9.17) is 11.6 Å². The third-order valence-corrected chi connectivity index (χ3v) is 2.66. The summed E-state index contributed by atoms with van der Waals surface area (Å²) in [6, 6.07) is 3.32. The molecule has 0 saturated heterocycles. The summed E-state index contributed by atoms with van der Waals surface area (Å²) in [7, 11) is 0. The van der Waals surface area contributed by atoms with E-state index in [0.717, 1.165) is 17.7 Å². The molecule has 1 aromatic carbocycles. The van der Waals surface area contributed by atoms with Gasteiger partial charge in [0.1, 0.15) is 11.6 Å². The van der Waals surface area contributed by atoms with Gasteiger partial charge in [0.15, 0.2) is 0 Å². The molecule has 1 aromatic heterocycles. The Morgan fingerprint density at radius 3 is 2.78 bits per heavy atom. The molecule has 18 heavy (non-hydrogen) atoms. The van der Waals surface area contributed by atoms with E-state index in [1.807, 2.05) is 0 Å². The fourth-order valence-electron chi connectivity index (χ4n) is 1.44. The minimum atomic E-state index is -0.854. The highest BCUT2D eigenvalue weighted by molar-refractivity contribution is 6.30. The van der Waals surface area contributed by atoms with Crippen LogP contribution >= 0.6 is 11.6 Å². The molecule has 6 heteroatoms. The average Bonchev–Trinajstić information content (AvgIpc) is 2.84. The van der Waals surface area contributed by atoms with Crippen molar-refractivity contribution in [1.29, 1.82) is 0 Å². The van der Waals surface area contributed by atoms with Gasteiger partial charge in [-0.1, -0.05) is 11.6 Å².